The minimum absolute atomic E-state index is 0.0786. The third-order valence-corrected chi connectivity index (χ3v) is 2.92. The number of halogens is 2. The van der Waals surface area contributed by atoms with E-state index in [0.717, 1.165) is 10.9 Å². The molecule has 0 radical (unpaired) electrons. The fourth-order valence-corrected chi connectivity index (χ4v) is 1.91. The fourth-order valence-electron chi connectivity index (χ4n) is 1.66. The average Bonchev–Trinajstić information content (AvgIpc) is 2.15. The molecule has 16 heavy (non-hydrogen) atoms. The molecule has 0 bridgehead atoms. The first-order valence-corrected chi connectivity index (χ1v) is 5.51. The third kappa shape index (κ3) is 1.90. The van der Waals surface area contributed by atoms with E-state index in [1.165, 1.54) is 6.07 Å². The van der Waals surface area contributed by atoms with Crippen molar-refractivity contribution < 1.29 is 4.39 Å². The predicted molar refractivity (Wildman–Crippen MR) is 65.4 cm³/mol. The fraction of sp³-hybridized carbons (Fsp3) is 0.308. The molecule has 1 aromatic heterocycles. The molecule has 0 atom stereocenters. The monoisotopic (exact) mass is 237 g/mol. The lowest BCUT2D eigenvalue weighted by Gasteiger charge is -2.19. The van der Waals surface area contributed by atoms with Crippen LogP contribution in [-0.2, 0) is 5.41 Å². The molecule has 0 amide bonds. The molecule has 0 spiro atoms. The van der Waals surface area contributed by atoms with Crippen LogP contribution in [0.4, 0.5) is 4.39 Å². The second kappa shape index (κ2) is 3.70. The highest BCUT2D eigenvalue weighted by molar-refractivity contribution is 6.34. The van der Waals surface area contributed by atoms with Gasteiger partial charge in [-0.1, -0.05) is 38.4 Å². The molecule has 0 aliphatic rings. The van der Waals surface area contributed by atoms with E-state index in [4.69, 9.17) is 11.6 Å². The van der Waals surface area contributed by atoms with Gasteiger partial charge in [0, 0.05) is 6.20 Å². The zero-order valence-corrected chi connectivity index (χ0v) is 10.3. The Kier molecular flexibility index (Phi) is 2.62. The highest BCUT2D eigenvalue weighted by Crippen LogP contribution is 2.30. The Balaban J connectivity index is 2.79. The zero-order chi connectivity index (χ0) is 11.9. The van der Waals surface area contributed by atoms with E-state index in [1.54, 1.807) is 12.3 Å². The van der Waals surface area contributed by atoms with Crippen molar-refractivity contribution >= 4 is 22.4 Å². The van der Waals surface area contributed by atoms with Crippen LogP contribution in [0, 0.1) is 5.82 Å². The van der Waals surface area contributed by atoms with Crippen LogP contribution in [0.5, 0.6) is 0 Å². The molecule has 84 valence electrons. The summed E-state index contributed by atoms with van der Waals surface area (Å²) in [6.07, 6.45) is 1.59. The topological polar surface area (TPSA) is 12.9 Å². The van der Waals surface area contributed by atoms with Gasteiger partial charge in [-0.2, -0.15) is 0 Å². The van der Waals surface area contributed by atoms with Gasteiger partial charge < -0.3 is 0 Å². The number of hydrogen-bond acceptors (Lipinski definition) is 1. The number of fused-ring (bicyclic) bond motifs is 1. The minimum atomic E-state index is -0.305. The smallest absolute Gasteiger partial charge is 0.139 e. The molecule has 1 aromatic carbocycles. The highest BCUT2D eigenvalue weighted by Gasteiger charge is 2.17. The second-order valence-corrected chi connectivity index (χ2v) is 5.27. The lowest BCUT2D eigenvalue weighted by molar-refractivity contribution is 0.577. The number of rotatable bonds is 0. The molecule has 0 aliphatic carbocycles. The molecule has 0 aliphatic heterocycles. The van der Waals surface area contributed by atoms with Crippen molar-refractivity contribution in [3.8, 4) is 0 Å². The van der Waals surface area contributed by atoms with Crippen molar-refractivity contribution in [1.29, 1.82) is 0 Å². The van der Waals surface area contributed by atoms with Crippen LogP contribution in [0.3, 0.4) is 0 Å². The number of hydrogen-bond donors (Lipinski definition) is 0. The first kappa shape index (κ1) is 11.3. The van der Waals surface area contributed by atoms with E-state index in [1.807, 2.05) is 6.07 Å². The minimum Gasteiger partial charge on any atom is -0.244 e. The first-order valence-electron chi connectivity index (χ1n) is 5.14. The van der Waals surface area contributed by atoms with Gasteiger partial charge in [0.1, 0.15) is 11.0 Å². The second-order valence-electron chi connectivity index (χ2n) is 4.91. The van der Waals surface area contributed by atoms with Crippen LogP contribution in [0.25, 0.3) is 10.8 Å². The van der Waals surface area contributed by atoms with Gasteiger partial charge in [0.15, 0.2) is 0 Å². The summed E-state index contributed by atoms with van der Waals surface area (Å²) >= 11 is 5.88. The van der Waals surface area contributed by atoms with Gasteiger partial charge in [0.25, 0.3) is 0 Å². The first-order chi connectivity index (χ1) is 7.39. The Bertz CT molecular complexity index is 543. The van der Waals surface area contributed by atoms with Crippen molar-refractivity contribution in [2.24, 2.45) is 0 Å². The summed E-state index contributed by atoms with van der Waals surface area (Å²) in [6.45, 7) is 6.16. The van der Waals surface area contributed by atoms with Gasteiger partial charge in [-0.25, -0.2) is 9.37 Å². The van der Waals surface area contributed by atoms with E-state index >= 15 is 0 Å². The summed E-state index contributed by atoms with van der Waals surface area (Å²) in [5, 5.41) is 1.41. The van der Waals surface area contributed by atoms with Crippen molar-refractivity contribution in [2.75, 3.05) is 0 Å². The Hall–Kier alpha value is -1.15. The Morgan fingerprint density at radius 1 is 1.25 bits per heavy atom. The van der Waals surface area contributed by atoms with Gasteiger partial charge >= 0.3 is 0 Å². The molecule has 0 N–H and O–H groups in total. The number of pyridine rings is 1. The SMILES string of the molecule is CC(C)(C)c1cc(F)c2c(Cl)nccc2c1. The van der Waals surface area contributed by atoms with Crippen molar-refractivity contribution in [3.63, 3.8) is 0 Å². The van der Waals surface area contributed by atoms with E-state index in [2.05, 4.69) is 25.8 Å². The lowest BCUT2D eigenvalue weighted by Crippen LogP contribution is -2.11. The quantitative estimate of drug-likeness (QED) is 0.622. The van der Waals surface area contributed by atoms with E-state index in [9.17, 15) is 4.39 Å². The van der Waals surface area contributed by atoms with Crippen LogP contribution in [0.1, 0.15) is 26.3 Å². The molecule has 0 saturated heterocycles. The molecular weight excluding hydrogens is 225 g/mol. The average molecular weight is 238 g/mol. The van der Waals surface area contributed by atoms with Gasteiger partial charge in [0.2, 0.25) is 0 Å². The normalized spacial score (nSPS) is 12.1. The Morgan fingerprint density at radius 2 is 1.94 bits per heavy atom. The summed E-state index contributed by atoms with van der Waals surface area (Å²) in [7, 11) is 0. The van der Waals surface area contributed by atoms with Crippen molar-refractivity contribution in [2.45, 2.75) is 26.2 Å². The van der Waals surface area contributed by atoms with E-state index in [0.29, 0.717) is 5.39 Å². The lowest BCUT2D eigenvalue weighted by atomic mass is 9.86. The number of nitrogens with zero attached hydrogens (tertiary/aromatic N) is 1. The van der Waals surface area contributed by atoms with Gasteiger partial charge in [-0.3, -0.25) is 0 Å². The van der Waals surface area contributed by atoms with E-state index in [-0.39, 0.29) is 16.4 Å². The molecule has 0 fully saturated rings. The van der Waals surface area contributed by atoms with Gasteiger partial charge in [-0.05, 0) is 28.5 Å². The Morgan fingerprint density at radius 3 is 2.56 bits per heavy atom. The number of aromatic nitrogens is 1. The van der Waals surface area contributed by atoms with Gasteiger partial charge in [0.05, 0.1) is 5.39 Å². The predicted octanol–water partition coefficient (Wildman–Crippen LogP) is 4.32. The van der Waals surface area contributed by atoms with Crippen LogP contribution in [0.15, 0.2) is 24.4 Å². The van der Waals surface area contributed by atoms with Crippen LogP contribution in [-0.4, -0.2) is 4.98 Å². The molecule has 0 unspecified atom stereocenters. The molecular formula is C13H13ClFN. The summed E-state index contributed by atoms with van der Waals surface area (Å²) in [4.78, 5) is 3.89. The highest BCUT2D eigenvalue weighted by atomic mass is 35.5. The molecule has 2 aromatic rings. The molecule has 1 nitrogen and oxygen atoms in total. The molecule has 2 rings (SSSR count). The number of benzene rings is 1. The molecule has 0 saturated carbocycles. The zero-order valence-electron chi connectivity index (χ0n) is 9.51. The maximum absolute atomic E-state index is 13.9. The summed E-state index contributed by atoms with van der Waals surface area (Å²) in [5.74, 6) is -0.305. The van der Waals surface area contributed by atoms with Crippen LogP contribution < -0.4 is 0 Å². The maximum atomic E-state index is 13.9. The largest absolute Gasteiger partial charge is 0.244 e. The summed E-state index contributed by atoms with van der Waals surface area (Å²) < 4.78 is 13.9. The van der Waals surface area contributed by atoms with Crippen molar-refractivity contribution in [1.82, 2.24) is 4.98 Å². The molecule has 3 heteroatoms. The van der Waals surface area contributed by atoms with Gasteiger partial charge in [-0.15, -0.1) is 0 Å². The summed E-state index contributed by atoms with van der Waals surface area (Å²) in [5.41, 5.74) is 0.880. The van der Waals surface area contributed by atoms with Crippen LogP contribution in [0.2, 0.25) is 5.15 Å². The standard InChI is InChI=1S/C13H13ClFN/c1-13(2,3)9-6-8-4-5-16-12(14)11(8)10(15)7-9/h4-7H,1-3H3. The molecule has 1 heterocycles. The Labute approximate surface area is 99.3 Å². The third-order valence-electron chi connectivity index (χ3n) is 2.64. The van der Waals surface area contributed by atoms with Crippen molar-refractivity contribution in [3.05, 3.63) is 40.9 Å². The maximum Gasteiger partial charge on any atom is 0.139 e. The van der Waals surface area contributed by atoms with E-state index < -0.39 is 0 Å². The van der Waals surface area contributed by atoms with Crippen LogP contribution >= 0.6 is 11.6 Å². The summed E-state index contributed by atoms with van der Waals surface area (Å²) in [6, 6.07) is 5.28.